The third-order valence-corrected chi connectivity index (χ3v) is 7.44. The van der Waals surface area contributed by atoms with Crippen LogP contribution < -0.4 is 5.32 Å². The van der Waals surface area contributed by atoms with Gasteiger partial charge in [-0.3, -0.25) is 9.78 Å². The minimum absolute atomic E-state index is 0.0810. The van der Waals surface area contributed by atoms with E-state index in [1.807, 2.05) is 12.1 Å². The Morgan fingerprint density at radius 2 is 1.77 bits per heavy atom. The fraction of sp³-hybridized carbons (Fsp3) is 0.200. The predicted octanol–water partition coefficient (Wildman–Crippen LogP) is 4.27. The summed E-state index contributed by atoms with van der Waals surface area (Å²) in [6.07, 6.45) is -0.525. The number of hydrogen-bond donors (Lipinski definition) is 1. The van der Waals surface area contributed by atoms with Gasteiger partial charge in [0.25, 0.3) is 0 Å². The van der Waals surface area contributed by atoms with Crippen molar-refractivity contribution in [1.29, 1.82) is 0 Å². The Morgan fingerprint density at radius 3 is 2.43 bits per heavy atom. The van der Waals surface area contributed by atoms with E-state index in [9.17, 15) is 26.4 Å². The molecule has 1 N–H and O–H groups in total. The highest BCUT2D eigenvalue weighted by Gasteiger charge is 2.30. The molecule has 0 atom stereocenters. The molecule has 1 aromatic heterocycles. The molecule has 3 aromatic rings. The number of benzene rings is 2. The van der Waals surface area contributed by atoms with Crippen molar-refractivity contribution in [3.05, 3.63) is 89.3 Å². The number of halogens is 3. The zero-order valence-corrected chi connectivity index (χ0v) is 19.7. The molecular weight excluding hydrogens is 479 g/mol. The van der Waals surface area contributed by atoms with Crippen LogP contribution in [0, 0.1) is 0 Å². The molecule has 2 aromatic carbocycles. The fourth-order valence-electron chi connectivity index (χ4n) is 3.71. The molecule has 0 saturated heterocycles. The van der Waals surface area contributed by atoms with Gasteiger partial charge >= 0.3 is 6.18 Å². The number of carbonyl (C=O) groups excluding carboxylic acids is 1. The normalized spacial score (nSPS) is 13.5. The molecule has 1 amide bonds. The minimum atomic E-state index is -4.43. The average Bonchev–Trinajstić information content (AvgIpc) is 3.20. The Kier molecular flexibility index (Phi) is 6.52. The van der Waals surface area contributed by atoms with E-state index >= 15 is 0 Å². The number of amides is 1. The number of rotatable bonds is 6. The average molecular weight is 502 g/mol. The summed E-state index contributed by atoms with van der Waals surface area (Å²) < 4.78 is 64.3. The van der Waals surface area contributed by atoms with Crippen molar-refractivity contribution in [2.45, 2.75) is 23.9 Å². The topological polar surface area (TPSA) is 79.4 Å². The van der Waals surface area contributed by atoms with Crippen LogP contribution in [0.2, 0.25) is 0 Å². The number of alkyl halides is 3. The van der Waals surface area contributed by atoms with Gasteiger partial charge in [-0.2, -0.15) is 13.2 Å². The Hall–Kier alpha value is -3.50. The van der Waals surface area contributed by atoms with Crippen LogP contribution in [0.25, 0.3) is 16.8 Å². The molecular formula is C25H22F3N3O3S. The summed E-state index contributed by atoms with van der Waals surface area (Å²) in [6.45, 7) is 0. The van der Waals surface area contributed by atoms with E-state index in [1.165, 1.54) is 32.3 Å². The van der Waals surface area contributed by atoms with Gasteiger partial charge in [-0.15, -0.1) is 0 Å². The molecule has 1 heterocycles. The quantitative estimate of drug-likeness (QED) is 0.547. The summed E-state index contributed by atoms with van der Waals surface area (Å²) in [4.78, 5) is 17.2. The number of sulfonamides is 1. The lowest BCUT2D eigenvalue weighted by Gasteiger charge is -2.13. The van der Waals surface area contributed by atoms with E-state index in [0.29, 0.717) is 34.4 Å². The van der Waals surface area contributed by atoms with Gasteiger partial charge in [0.05, 0.1) is 22.6 Å². The molecule has 0 fully saturated rings. The number of fused-ring (bicyclic) bond motifs is 1. The zero-order valence-electron chi connectivity index (χ0n) is 18.9. The molecule has 1 aliphatic rings. The second kappa shape index (κ2) is 9.27. The summed E-state index contributed by atoms with van der Waals surface area (Å²) >= 11 is 0. The van der Waals surface area contributed by atoms with Gasteiger partial charge in [0, 0.05) is 43.5 Å². The van der Waals surface area contributed by atoms with Gasteiger partial charge in [0.1, 0.15) is 0 Å². The highest BCUT2D eigenvalue weighted by atomic mass is 32.2. The van der Waals surface area contributed by atoms with Crippen molar-refractivity contribution in [2.75, 3.05) is 14.1 Å². The Balaban J connectivity index is 1.52. The minimum Gasteiger partial charge on any atom is -0.325 e. The lowest BCUT2D eigenvalue weighted by atomic mass is 10.0. The maximum absolute atomic E-state index is 12.7. The summed E-state index contributed by atoms with van der Waals surface area (Å²) in [5.74, 6) is -0.367. The first-order valence-corrected chi connectivity index (χ1v) is 12.1. The van der Waals surface area contributed by atoms with Crippen LogP contribution >= 0.6 is 0 Å². The first-order chi connectivity index (χ1) is 16.4. The van der Waals surface area contributed by atoms with Crippen LogP contribution in [-0.2, 0) is 33.8 Å². The lowest BCUT2D eigenvalue weighted by molar-refractivity contribution is -0.137. The van der Waals surface area contributed by atoms with Gasteiger partial charge in [0.2, 0.25) is 15.9 Å². The summed E-state index contributed by atoms with van der Waals surface area (Å²) in [5.41, 5.74) is 3.06. The van der Waals surface area contributed by atoms with Crippen molar-refractivity contribution >= 4 is 21.6 Å². The molecule has 0 radical (unpaired) electrons. The molecule has 182 valence electrons. The van der Waals surface area contributed by atoms with Crippen molar-refractivity contribution in [1.82, 2.24) is 14.6 Å². The summed E-state index contributed by atoms with van der Waals surface area (Å²) in [5, 5.41) is 2.82. The number of aromatic nitrogens is 1. The molecule has 4 rings (SSSR count). The highest BCUT2D eigenvalue weighted by molar-refractivity contribution is 7.89. The van der Waals surface area contributed by atoms with Crippen LogP contribution in [-0.4, -0.2) is 37.7 Å². The molecule has 6 nitrogen and oxygen atoms in total. The first-order valence-electron chi connectivity index (χ1n) is 10.6. The fourth-order valence-corrected chi connectivity index (χ4v) is 4.66. The Labute approximate surface area is 201 Å². The van der Waals surface area contributed by atoms with Crippen molar-refractivity contribution in [3.8, 4) is 11.1 Å². The third-order valence-electron chi connectivity index (χ3n) is 5.63. The van der Waals surface area contributed by atoms with Crippen LogP contribution in [0.4, 0.5) is 13.2 Å². The van der Waals surface area contributed by atoms with Crippen LogP contribution in [0.5, 0.6) is 0 Å². The predicted molar refractivity (Wildman–Crippen MR) is 126 cm³/mol. The maximum Gasteiger partial charge on any atom is 0.416 e. The maximum atomic E-state index is 12.7. The smallest absolute Gasteiger partial charge is 0.325 e. The molecule has 1 aliphatic carbocycles. The van der Waals surface area contributed by atoms with Crippen LogP contribution in [0.1, 0.15) is 22.4 Å². The standard InChI is InChI=1S/C25H22F3N3O3S/c1-31(2)35(33,34)20-5-3-4-17(13-20)18-14-21-22(29-15-18)10-11-23(21)30-24(32)12-16-6-8-19(9-7-16)25(26,27)28/h3-9,11,13-15H,10,12H2,1-2H3,(H,30,32). The Bertz CT molecular complexity index is 1410. The molecule has 0 saturated carbocycles. The molecule has 10 heteroatoms. The van der Waals surface area contributed by atoms with Gasteiger partial charge < -0.3 is 5.32 Å². The van der Waals surface area contributed by atoms with Crippen molar-refractivity contribution < 1.29 is 26.4 Å². The number of hydrogen-bond acceptors (Lipinski definition) is 4. The molecule has 0 spiro atoms. The SMILES string of the molecule is CN(C)S(=O)(=O)c1cccc(-c2cnc3c(c2)C(NC(=O)Cc2ccc(C(F)(F)F)cc2)=CC3)c1. The monoisotopic (exact) mass is 501 g/mol. The highest BCUT2D eigenvalue weighted by Crippen LogP contribution is 2.31. The molecule has 0 bridgehead atoms. The van der Waals surface area contributed by atoms with Crippen LogP contribution in [0.15, 0.2) is 71.8 Å². The second-order valence-electron chi connectivity index (χ2n) is 8.28. The first kappa shape index (κ1) is 24.6. The number of nitrogens with one attached hydrogen (secondary N) is 1. The van der Waals surface area contributed by atoms with E-state index in [2.05, 4.69) is 10.3 Å². The van der Waals surface area contributed by atoms with E-state index in [1.54, 1.807) is 24.4 Å². The number of carbonyl (C=O) groups is 1. The van der Waals surface area contributed by atoms with E-state index < -0.39 is 21.8 Å². The summed E-state index contributed by atoms with van der Waals surface area (Å²) in [6, 6.07) is 12.8. The number of nitrogens with zero attached hydrogens (tertiary/aromatic N) is 2. The molecule has 0 unspecified atom stereocenters. The van der Waals surface area contributed by atoms with E-state index in [4.69, 9.17) is 0 Å². The van der Waals surface area contributed by atoms with Crippen molar-refractivity contribution in [3.63, 3.8) is 0 Å². The van der Waals surface area contributed by atoms with Crippen molar-refractivity contribution in [2.24, 2.45) is 0 Å². The summed E-state index contributed by atoms with van der Waals surface area (Å²) in [7, 11) is -0.681. The zero-order chi connectivity index (χ0) is 25.4. The number of allylic oxidation sites excluding steroid dienone is 1. The van der Waals surface area contributed by atoms with E-state index in [-0.39, 0.29) is 17.2 Å². The van der Waals surface area contributed by atoms with Gasteiger partial charge in [-0.1, -0.05) is 30.3 Å². The van der Waals surface area contributed by atoms with Gasteiger partial charge in [0.15, 0.2) is 0 Å². The second-order valence-corrected chi connectivity index (χ2v) is 10.4. The van der Waals surface area contributed by atoms with E-state index in [0.717, 1.165) is 22.1 Å². The Morgan fingerprint density at radius 1 is 1.06 bits per heavy atom. The third kappa shape index (κ3) is 5.28. The largest absolute Gasteiger partial charge is 0.416 e. The van der Waals surface area contributed by atoms with Gasteiger partial charge in [-0.25, -0.2) is 12.7 Å². The molecule has 0 aliphatic heterocycles. The number of pyridine rings is 1. The lowest BCUT2D eigenvalue weighted by Crippen LogP contribution is -2.23. The molecule has 35 heavy (non-hydrogen) atoms. The van der Waals surface area contributed by atoms with Gasteiger partial charge in [-0.05, 0) is 41.5 Å². The van der Waals surface area contributed by atoms with Crippen LogP contribution in [0.3, 0.4) is 0 Å².